The van der Waals surface area contributed by atoms with E-state index >= 15 is 0 Å². The molecule has 0 aliphatic rings. The highest BCUT2D eigenvalue weighted by Crippen LogP contribution is 2.29. The summed E-state index contributed by atoms with van der Waals surface area (Å²) in [5.74, 6) is -0.776. The summed E-state index contributed by atoms with van der Waals surface area (Å²) in [7, 11) is 0. The van der Waals surface area contributed by atoms with Gasteiger partial charge in [0.2, 0.25) is 5.91 Å². The van der Waals surface area contributed by atoms with Crippen LogP contribution in [0, 0.1) is 0 Å². The Kier molecular flexibility index (Phi) is 6.39. The van der Waals surface area contributed by atoms with Crippen LogP contribution in [-0.4, -0.2) is 24.5 Å². The molecule has 0 aliphatic heterocycles. The highest BCUT2D eigenvalue weighted by Gasteiger charge is 2.29. The van der Waals surface area contributed by atoms with E-state index < -0.39 is 17.7 Å². The van der Waals surface area contributed by atoms with E-state index in [4.69, 9.17) is 4.74 Å². The van der Waals surface area contributed by atoms with Crippen LogP contribution in [0.3, 0.4) is 0 Å². The van der Waals surface area contributed by atoms with Crippen molar-refractivity contribution in [1.29, 1.82) is 0 Å². The van der Waals surface area contributed by atoms with Gasteiger partial charge in [-0.15, -0.1) is 0 Å². The van der Waals surface area contributed by atoms with Gasteiger partial charge in [0.05, 0.1) is 24.5 Å². The molecule has 1 aromatic carbocycles. The maximum atomic E-state index is 12.4. The fourth-order valence-corrected chi connectivity index (χ4v) is 1.69. The molecule has 0 heterocycles. The number of carbonyl (C=O) groups excluding carboxylic acids is 2. The van der Waals surface area contributed by atoms with Crippen molar-refractivity contribution in [3.63, 3.8) is 0 Å². The second-order valence-corrected chi connectivity index (χ2v) is 5.01. The van der Waals surface area contributed by atoms with Crippen LogP contribution in [0.5, 0.6) is 0 Å². The van der Waals surface area contributed by atoms with Crippen molar-refractivity contribution < 1.29 is 27.5 Å². The predicted molar refractivity (Wildman–Crippen MR) is 74.0 cm³/mol. The minimum absolute atomic E-state index is 0.0443. The molecule has 0 aromatic heterocycles. The minimum atomic E-state index is -4.39. The largest absolute Gasteiger partial charge is 0.463 e. The molecule has 0 saturated heterocycles. The van der Waals surface area contributed by atoms with E-state index in [2.05, 4.69) is 5.32 Å². The number of nitrogens with one attached hydrogen (secondary N) is 1. The molecular weight excluding hydrogens is 299 g/mol. The lowest BCUT2D eigenvalue weighted by Gasteiger charge is -2.09. The Morgan fingerprint density at radius 3 is 2.27 bits per heavy atom. The molecule has 0 atom stereocenters. The summed E-state index contributed by atoms with van der Waals surface area (Å²) in [6, 6.07) is 4.39. The van der Waals surface area contributed by atoms with Gasteiger partial charge in [-0.1, -0.05) is 12.1 Å². The van der Waals surface area contributed by atoms with E-state index in [1.54, 1.807) is 13.8 Å². The first-order valence-corrected chi connectivity index (χ1v) is 6.81. The van der Waals surface area contributed by atoms with Crippen molar-refractivity contribution in [3.05, 3.63) is 35.4 Å². The number of benzene rings is 1. The van der Waals surface area contributed by atoms with E-state index in [1.165, 1.54) is 12.1 Å². The quantitative estimate of drug-likeness (QED) is 0.821. The van der Waals surface area contributed by atoms with Gasteiger partial charge in [-0.05, 0) is 31.5 Å². The average Bonchev–Trinajstić information content (AvgIpc) is 2.37. The number of esters is 1. The highest BCUT2D eigenvalue weighted by atomic mass is 19.4. The predicted octanol–water partition coefficient (Wildman–Crippen LogP) is 2.71. The molecule has 122 valence electrons. The molecule has 0 aliphatic carbocycles. The van der Waals surface area contributed by atoms with Crippen LogP contribution in [-0.2, 0) is 26.9 Å². The summed E-state index contributed by atoms with van der Waals surface area (Å²) < 4.78 is 42.1. The molecule has 0 spiro atoms. The van der Waals surface area contributed by atoms with E-state index in [-0.39, 0.29) is 31.4 Å². The van der Waals surface area contributed by atoms with E-state index in [1.807, 2.05) is 0 Å². The number of halogens is 3. The summed E-state index contributed by atoms with van der Waals surface area (Å²) >= 11 is 0. The van der Waals surface area contributed by atoms with Crippen LogP contribution < -0.4 is 5.32 Å². The molecule has 0 saturated carbocycles. The number of ether oxygens (including phenoxy) is 1. The smallest absolute Gasteiger partial charge is 0.416 e. The number of amides is 1. The SMILES string of the molecule is CC(C)OC(=O)CCNC(=O)Cc1ccc(C(F)(F)F)cc1. The number of rotatable bonds is 6. The van der Waals surface area contributed by atoms with Gasteiger partial charge >= 0.3 is 12.1 Å². The van der Waals surface area contributed by atoms with E-state index in [0.29, 0.717) is 5.56 Å². The van der Waals surface area contributed by atoms with Crippen LogP contribution in [0.25, 0.3) is 0 Å². The van der Waals surface area contributed by atoms with Crippen LogP contribution in [0.2, 0.25) is 0 Å². The Bertz CT molecular complexity index is 510. The third-order valence-corrected chi connectivity index (χ3v) is 2.66. The normalized spacial score (nSPS) is 11.4. The van der Waals surface area contributed by atoms with E-state index in [0.717, 1.165) is 12.1 Å². The Balaban J connectivity index is 2.38. The highest BCUT2D eigenvalue weighted by molar-refractivity contribution is 5.79. The molecule has 0 unspecified atom stereocenters. The summed E-state index contributed by atoms with van der Waals surface area (Å²) in [6.07, 6.45) is -4.60. The fourth-order valence-electron chi connectivity index (χ4n) is 1.69. The van der Waals surface area contributed by atoms with Gasteiger partial charge in [0.25, 0.3) is 0 Å². The zero-order valence-corrected chi connectivity index (χ0v) is 12.4. The number of carbonyl (C=O) groups is 2. The summed E-state index contributed by atoms with van der Waals surface area (Å²) in [5, 5.41) is 2.52. The first-order chi connectivity index (χ1) is 10.2. The third-order valence-electron chi connectivity index (χ3n) is 2.66. The Labute approximate surface area is 126 Å². The second kappa shape index (κ2) is 7.82. The van der Waals surface area contributed by atoms with Crippen LogP contribution in [0.4, 0.5) is 13.2 Å². The minimum Gasteiger partial charge on any atom is -0.463 e. The Morgan fingerprint density at radius 1 is 1.18 bits per heavy atom. The van der Waals surface area contributed by atoms with Gasteiger partial charge in [-0.25, -0.2) is 0 Å². The monoisotopic (exact) mass is 317 g/mol. The molecule has 0 radical (unpaired) electrons. The standard InChI is InChI=1S/C15H18F3NO3/c1-10(2)22-14(21)7-8-19-13(20)9-11-3-5-12(6-4-11)15(16,17)18/h3-6,10H,7-9H2,1-2H3,(H,19,20). The topological polar surface area (TPSA) is 55.4 Å². The van der Waals surface area contributed by atoms with Crippen molar-refractivity contribution in [3.8, 4) is 0 Å². The average molecular weight is 317 g/mol. The van der Waals surface area contributed by atoms with Gasteiger partial charge in [0.1, 0.15) is 0 Å². The lowest BCUT2D eigenvalue weighted by Crippen LogP contribution is -2.28. The molecule has 1 rings (SSSR count). The van der Waals surface area contributed by atoms with Crippen LogP contribution in [0.1, 0.15) is 31.4 Å². The Morgan fingerprint density at radius 2 is 1.77 bits per heavy atom. The fraction of sp³-hybridized carbons (Fsp3) is 0.467. The summed E-state index contributed by atoms with van der Waals surface area (Å²) in [6.45, 7) is 3.58. The number of hydrogen-bond donors (Lipinski definition) is 1. The lowest BCUT2D eigenvalue weighted by molar-refractivity contribution is -0.147. The molecule has 7 heteroatoms. The zero-order valence-electron chi connectivity index (χ0n) is 12.4. The second-order valence-electron chi connectivity index (χ2n) is 5.01. The van der Waals surface area contributed by atoms with Crippen LogP contribution in [0.15, 0.2) is 24.3 Å². The van der Waals surface area contributed by atoms with Gasteiger partial charge in [0.15, 0.2) is 0 Å². The lowest BCUT2D eigenvalue weighted by atomic mass is 10.1. The van der Waals surface area contributed by atoms with Gasteiger partial charge in [0, 0.05) is 6.54 Å². The number of alkyl halides is 3. The first-order valence-electron chi connectivity index (χ1n) is 6.81. The molecule has 22 heavy (non-hydrogen) atoms. The van der Waals surface area contributed by atoms with Crippen molar-refractivity contribution in [2.45, 2.75) is 39.0 Å². The van der Waals surface area contributed by atoms with Crippen LogP contribution >= 0.6 is 0 Å². The van der Waals surface area contributed by atoms with Gasteiger partial charge < -0.3 is 10.1 Å². The maximum absolute atomic E-state index is 12.4. The van der Waals surface area contributed by atoms with Crippen molar-refractivity contribution >= 4 is 11.9 Å². The summed E-state index contributed by atoms with van der Waals surface area (Å²) in [4.78, 5) is 22.9. The molecule has 0 bridgehead atoms. The van der Waals surface area contributed by atoms with Crippen molar-refractivity contribution in [2.75, 3.05) is 6.54 Å². The molecule has 4 nitrogen and oxygen atoms in total. The summed E-state index contributed by atoms with van der Waals surface area (Å²) in [5.41, 5.74) is -0.289. The first kappa shape index (κ1) is 18.0. The van der Waals surface area contributed by atoms with Gasteiger partial charge in [-0.2, -0.15) is 13.2 Å². The molecule has 1 N–H and O–H groups in total. The van der Waals surface area contributed by atoms with E-state index in [9.17, 15) is 22.8 Å². The maximum Gasteiger partial charge on any atom is 0.416 e. The number of hydrogen-bond acceptors (Lipinski definition) is 3. The Hall–Kier alpha value is -2.05. The third kappa shape index (κ3) is 6.60. The molecule has 0 fully saturated rings. The molecule has 1 amide bonds. The zero-order chi connectivity index (χ0) is 16.8. The van der Waals surface area contributed by atoms with Crippen molar-refractivity contribution in [1.82, 2.24) is 5.32 Å². The molecule has 1 aromatic rings. The van der Waals surface area contributed by atoms with Gasteiger partial charge in [-0.3, -0.25) is 9.59 Å². The van der Waals surface area contributed by atoms with Crippen molar-refractivity contribution in [2.24, 2.45) is 0 Å². The molecular formula is C15H18F3NO3.